The molecule has 0 N–H and O–H groups in total. The lowest BCUT2D eigenvalue weighted by Crippen LogP contribution is -2.33. The first-order valence-corrected chi connectivity index (χ1v) is 7.39. The zero-order valence-corrected chi connectivity index (χ0v) is 11.7. The summed E-state index contributed by atoms with van der Waals surface area (Å²) in [6, 6.07) is 0.705. The molecule has 0 spiro atoms. The van der Waals surface area contributed by atoms with E-state index in [-0.39, 0.29) is 0 Å². The van der Waals surface area contributed by atoms with Crippen LogP contribution in [0, 0.1) is 0 Å². The normalized spacial score (nSPS) is 31.5. The van der Waals surface area contributed by atoms with Gasteiger partial charge < -0.3 is 9.80 Å². The van der Waals surface area contributed by atoms with Gasteiger partial charge in [0.1, 0.15) is 0 Å². The van der Waals surface area contributed by atoms with E-state index in [1.165, 1.54) is 18.1 Å². The molecule has 2 unspecified atom stereocenters. The number of likely N-dealkylation sites (N-methyl/N-ethyl adjacent to an activating group) is 1. The van der Waals surface area contributed by atoms with Crippen molar-refractivity contribution in [2.24, 2.45) is 4.99 Å². The summed E-state index contributed by atoms with van der Waals surface area (Å²) in [6.07, 6.45) is 1.27. The van der Waals surface area contributed by atoms with E-state index < -0.39 is 0 Å². The van der Waals surface area contributed by atoms with Gasteiger partial charge >= 0.3 is 0 Å². The van der Waals surface area contributed by atoms with Gasteiger partial charge in [-0.05, 0) is 20.5 Å². The van der Waals surface area contributed by atoms with Crippen molar-refractivity contribution in [1.29, 1.82) is 0 Å². The molecule has 0 bridgehead atoms. The minimum absolute atomic E-state index is 0.651. The van der Waals surface area contributed by atoms with Crippen LogP contribution in [-0.2, 0) is 0 Å². The maximum Gasteiger partial charge on any atom is 0.159 e. The molecular formula is C10H18BrN3S. The van der Waals surface area contributed by atoms with Crippen LogP contribution in [0.4, 0.5) is 0 Å². The summed E-state index contributed by atoms with van der Waals surface area (Å²) in [5, 5.41) is 2.97. The average Bonchev–Trinajstić information content (AvgIpc) is 2.86. The van der Waals surface area contributed by atoms with Crippen molar-refractivity contribution in [2.45, 2.75) is 17.7 Å². The largest absolute Gasteiger partial charge is 0.350 e. The predicted molar refractivity (Wildman–Crippen MR) is 71.1 cm³/mol. The zero-order valence-electron chi connectivity index (χ0n) is 9.32. The molecule has 0 aromatic carbocycles. The smallest absolute Gasteiger partial charge is 0.159 e. The summed E-state index contributed by atoms with van der Waals surface area (Å²) < 4.78 is 0. The number of amidine groups is 1. The molecule has 2 atom stereocenters. The zero-order chi connectivity index (χ0) is 10.8. The second-order valence-electron chi connectivity index (χ2n) is 4.37. The van der Waals surface area contributed by atoms with Crippen LogP contribution in [0.15, 0.2) is 4.99 Å². The number of rotatable bonds is 2. The molecule has 0 amide bonds. The summed E-state index contributed by atoms with van der Waals surface area (Å²) >= 11 is 5.46. The molecule has 15 heavy (non-hydrogen) atoms. The van der Waals surface area contributed by atoms with Crippen molar-refractivity contribution in [3.63, 3.8) is 0 Å². The summed E-state index contributed by atoms with van der Waals surface area (Å²) in [6.45, 7) is 3.30. The number of halogens is 1. The first-order valence-electron chi connectivity index (χ1n) is 5.39. The summed E-state index contributed by atoms with van der Waals surface area (Å²) in [5.74, 6) is 0. The Morgan fingerprint density at radius 2 is 2.40 bits per heavy atom. The monoisotopic (exact) mass is 291 g/mol. The SMILES string of the molecule is CN(C)C1CCN(C2=NCC(CBr)S2)C1. The molecule has 2 rings (SSSR count). The van der Waals surface area contributed by atoms with E-state index in [1.54, 1.807) is 0 Å². The van der Waals surface area contributed by atoms with Crippen molar-refractivity contribution in [3.8, 4) is 0 Å². The van der Waals surface area contributed by atoms with E-state index in [9.17, 15) is 0 Å². The van der Waals surface area contributed by atoms with E-state index in [0.29, 0.717) is 11.3 Å². The molecule has 3 nitrogen and oxygen atoms in total. The first kappa shape index (κ1) is 11.7. The molecule has 1 saturated heterocycles. The van der Waals surface area contributed by atoms with Crippen molar-refractivity contribution in [1.82, 2.24) is 9.80 Å². The number of hydrogen-bond donors (Lipinski definition) is 0. The Balaban J connectivity index is 1.87. The topological polar surface area (TPSA) is 18.8 Å². The van der Waals surface area contributed by atoms with Crippen LogP contribution in [0.5, 0.6) is 0 Å². The van der Waals surface area contributed by atoms with Crippen LogP contribution in [0.3, 0.4) is 0 Å². The van der Waals surface area contributed by atoms with Gasteiger partial charge in [-0.1, -0.05) is 27.7 Å². The third-order valence-corrected chi connectivity index (χ3v) is 5.50. The van der Waals surface area contributed by atoms with Gasteiger partial charge in [-0.15, -0.1) is 0 Å². The van der Waals surface area contributed by atoms with Gasteiger partial charge in [0.05, 0.1) is 6.54 Å². The van der Waals surface area contributed by atoms with Crippen molar-refractivity contribution in [2.75, 3.05) is 39.1 Å². The van der Waals surface area contributed by atoms with E-state index >= 15 is 0 Å². The van der Waals surface area contributed by atoms with Gasteiger partial charge in [0, 0.05) is 29.7 Å². The third-order valence-electron chi connectivity index (χ3n) is 3.04. The fraction of sp³-hybridized carbons (Fsp3) is 0.900. The van der Waals surface area contributed by atoms with Crippen LogP contribution in [0.2, 0.25) is 0 Å². The Bertz CT molecular complexity index is 257. The van der Waals surface area contributed by atoms with Gasteiger partial charge in [-0.2, -0.15) is 0 Å². The van der Waals surface area contributed by atoms with Crippen LogP contribution < -0.4 is 0 Å². The van der Waals surface area contributed by atoms with Gasteiger partial charge in [0.2, 0.25) is 0 Å². The van der Waals surface area contributed by atoms with Crippen molar-refractivity contribution < 1.29 is 0 Å². The van der Waals surface area contributed by atoms with Gasteiger partial charge in [0.25, 0.3) is 0 Å². The van der Waals surface area contributed by atoms with Crippen molar-refractivity contribution in [3.05, 3.63) is 0 Å². The molecule has 0 saturated carbocycles. The summed E-state index contributed by atoms with van der Waals surface area (Å²) in [7, 11) is 4.33. The second kappa shape index (κ2) is 5.06. The standard InChI is InChI=1S/C10H18BrN3S/c1-13(2)8-3-4-14(7-8)10-12-6-9(5-11)15-10/h8-9H,3-7H2,1-2H3. The highest BCUT2D eigenvalue weighted by molar-refractivity contribution is 9.09. The fourth-order valence-electron chi connectivity index (χ4n) is 2.00. The lowest BCUT2D eigenvalue weighted by molar-refractivity contribution is 0.302. The minimum atomic E-state index is 0.651. The molecule has 5 heteroatoms. The molecule has 0 aromatic rings. The van der Waals surface area contributed by atoms with E-state index in [2.05, 4.69) is 44.8 Å². The molecule has 2 heterocycles. The number of hydrogen-bond acceptors (Lipinski definition) is 4. The van der Waals surface area contributed by atoms with E-state index in [1.807, 2.05) is 11.8 Å². The molecular weight excluding hydrogens is 274 g/mol. The Labute approximate surface area is 104 Å². The maximum atomic E-state index is 4.62. The molecule has 0 aromatic heterocycles. The Kier molecular flexibility index (Phi) is 3.96. The number of thioether (sulfide) groups is 1. The van der Waals surface area contributed by atoms with Crippen molar-refractivity contribution >= 4 is 32.9 Å². The minimum Gasteiger partial charge on any atom is -0.350 e. The second-order valence-corrected chi connectivity index (χ2v) is 6.28. The Hall–Kier alpha value is 0.260. The first-order chi connectivity index (χ1) is 7.20. The van der Waals surface area contributed by atoms with Crippen LogP contribution >= 0.6 is 27.7 Å². The van der Waals surface area contributed by atoms with E-state index in [0.717, 1.165) is 18.4 Å². The maximum absolute atomic E-state index is 4.62. The van der Waals surface area contributed by atoms with Crippen LogP contribution in [-0.4, -0.2) is 65.3 Å². The van der Waals surface area contributed by atoms with Crippen LogP contribution in [0.25, 0.3) is 0 Å². The third kappa shape index (κ3) is 2.68. The predicted octanol–water partition coefficient (Wildman–Crippen LogP) is 1.49. The highest BCUT2D eigenvalue weighted by atomic mass is 79.9. The number of nitrogens with zero attached hydrogens (tertiary/aromatic N) is 3. The number of alkyl halides is 1. The molecule has 0 radical (unpaired) electrons. The molecule has 86 valence electrons. The number of aliphatic imine (C=N–C) groups is 1. The fourth-order valence-corrected chi connectivity index (χ4v) is 3.57. The van der Waals surface area contributed by atoms with E-state index in [4.69, 9.17) is 0 Å². The lowest BCUT2D eigenvalue weighted by atomic mass is 10.2. The highest BCUT2D eigenvalue weighted by Gasteiger charge is 2.30. The lowest BCUT2D eigenvalue weighted by Gasteiger charge is -2.21. The van der Waals surface area contributed by atoms with Gasteiger partial charge in [-0.3, -0.25) is 4.99 Å². The van der Waals surface area contributed by atoms with Crippen LogP contribution in [0.1, 0.15) is 6.42 Å². The molecule has 2 aliphatic heterocycles. The Morgan fingerprint density at radius 3 is 2.93 bits per heavy atom. The Morgan fingerprint density at radius 1 is 1.60 bits per heavy atom. The number of likely N-dealkylation sites (tertiary alicyclic amines) is 1. The summed E-state index contributed by atoms with van der Waals surface area (Å²) in [5.41, 5.74) is 0. The quantitative estimate of drug-likeness (QED) is 0.719. The van der Waals surface area contributed by atoms with Gasteiger partial charge in [-0.25, -0.2) is 0 Å². The molecule has 0 aliphatic carbocycles. The molecule has 1 fully saturated rings. The van der Waals surface area contributed by atoms with Gasteiger partial charge in [0.15, 0.2) is 5.17 Å². The molecule has 2 aliphatic rings. The summed E-state index contributed by atoms with van der Waals surface area (Å²) in [4.78, 5) is 9.38. The average molecular weight is 292 g/mol. The highest BCUT2D eigenvalue weighted by Crippen LogP contribution is 2.27.